The Morgan fingerprint density at radius 2 is 2.17 bits per heavy atom. The molecule has 0 saturated carbocycles. The molecule has 0 spiro atoms. The SMILES string of the molecule is CNC(Cc1ccoc1)Cc1c(C)nn(C)c1C. The molecule has 98 valence electrons. The average Bonchev–Trinajstić information content (AvgIpc) is 2.92. The summed E-state index contributed by atoms with van der Waals surface area (Å²) in [5.74, 6) is 0. The fourth-order valence-corrected chi connectivity index (χ4v) is 2.33. The van der Waals surface area contributed by atoms with E-state index in [-0.39, 0.29) is 0 Å². The Morgan fingerprint density at radius 3 is 2.67 bits per heavy atom. The summed E-state index contributed by atoms with van der Waals surface area (Å²) in [5, 5.41) is 7.84. The summed E-state index contributed by atoms with van der Waals surface area (Å²) in [6.45, 7) is 4.20. The Kier molecular flexibility index (Phi) is 3.87. The predicted octanol–water partition coefficient (Wildman–Crippen LogP) is 2.00. The number of furan rings is 1. The van der Waals surface area contributed by atoms with Gasteiger partial charge in [0.25, 0.3) is 0 Å². The number of aromatic nitrogens is 2. The van der Waals surface area contributed by atoms with E-state index in [0.29, 0.717) is 6.04 Å². The fraction of sp³-hybridized carbons (Fsp3) is 0.500. The van der Waals surface area contributed by atoms with Gasteiger partial charge in [-0.2, -0.15) is 5.10 Å². The smallest absolute Gasteiger partial charge is 0.0935 e. The van der Waals surface area contributed by atoms with Crippen molar-refractivity contribution >= 4 is 0 Å². The molecule has 1 N–H and O–H groups in total. The molecule has 4 heteroatoms. The maximum atomic E-state index is 5.12. The number of likely N-dealkylation sites (N-methyl/N-ethyl adjacent to an activating group) is 1. The van der Waals surface area contributed by atoms with Crippen molar-refractivity contribution in [1.29, 1.82) is 0 Å². The first-order valence-electron chi connectivity index (χ1n) is 6.29. The fourth-order valence-electron chi connectivity index (χ4n) is 2.33. The molecule has 0 aliphatic carbocycles. The van der Waals surface area contributed by atoms with Crippen LogP contribution in [0.2, 0.25) is 0 Å². The van der Waals surface area contributed by atoms with Gasteiger partial charge in [-0.25, -0.2) is 0 Å². The van der Waals surface area contributed by atoms with E-state index >= 15 is 0 Å². The lowest BCUT2D eigenvalue weighted by Crippen LogP contribution is -2.30. The summed E-state index contributed by atoms with van der Waals surface area (Å²) in [7, 11) is 4.00. The number of hydrogen-bond acceptors (Lipinski definition) is 3. The van der Waals surface area contributed by atoms with Gasteiger partial charge < -0.3 is 9.73 Å². The van der Waals surface area contributed by atoms with Gasteiger partial charge in [0.05, 0.1) is 18.2 Å². The first-order chi connectivity index (χ1) is 8.61. The number of aryl methyl sites for hydroxylation is 2. The van der Waals surface area contributed by atoms with Gasteiger partial charge in [0.2, 0.25) is 0 Å². The van der Waals surface area contributed by atoms with Gasteiger partial charge in [-0.15, -0.1) is 0 Å². The van der Waals surface area contributed by atoms with E-state index in [1.54, 1.807) is 6.26 Å². The second-order valence-corrected chi connectivity index (χ2v) is 4.80. The standard InChI is InChI=1S/C14H21N3O/c1-10-14(11(2)17(4)16-10)8-13(15-3)7-12-5-6-18-9-12/h5-6,9,13,15H,7-8H2,1-4H3. The molecule has 0 aliphatic rings. The third kappa shape index (κ3) is 2.64. The lowest BCUT2D eigenvalue weighted by molar-refractivity contribution is 0.537. The van der Waals surface area contributed by atoms with Gasteiger partial charge >= 0.3 is 0 Å². The van der Waals surface area contributed by atoms with Crippen LogP contribution < -0.4 is 5.32 Å². The summed E-state index contributed by atoms with van der Waals surface area (Å²) in [6.07, 6.45) is 5.50. The van der Waals surface area contributed by atoms with Crippen LogP contribution in [0.4, 0.5) is 0 Å². The van der Waals surface area contributed by atoms with Crippen LogP contribution in [-0.2, 0) is 19.9 Å². The quantitative estimate of drug-likeness (QED) is 0.879. The van der Waals surface area contributed by atoms with Gasteiger partial charge in [0.15, 0.2) is 0 Å². The van der Waals surface area contributed by atoms with E-state index in [1.807, 2.05) is 31.1 Å². The Morgan fingerprint density at radius 1 is 1.39 bits per heavy atom. The summed E-state index contributed by atoms with van der Waals surface area (Å²) in [6, 6.07) is 2.43. The minimum absolute atomic E-state index is 0.407. The molecule has 0 bridgehead atoms. The van der Waals surface area contributed by atoms with Crippen molar-refractivity contribution in [2.45, 2.75) is 32.7 Å². The van der Waals surface area contributed by atoms with E-state index < -0.39 is 0 Å². The molecule has 2 aromatic heterocycles. The Bertz CT molecular complexity index is 499. The topological polar surface area (TPSA) is 43.0 Å². The number of rotatable bonds is 5. The molecular formula is C14H21N3O. The third-order valence-electron chi connectivity index (χ3n) is 3.58. The van der Waals surface area contributed by atoms with Crippen molar-refractivity contribution in [2.24, 2.45) is 7.05 Å². The molecule has 0 aromatic carbocycles. The van der Waals surface area contributed by atoms with Crippen LogP contribution in [0.25, 0.3) is 0 Å². The Labute approximate surface area is 108 Å². The molecule has 2 rings (SSSR count). The summed E-state index contributed by atoms with van der Waals surface area (Å²) in [5.41, 5.74) is 4.95. The van der Waals surface area contributed by atoms with Crippen LogP contribution in [0.15, 0.2) is 23.0 Å². The van der Waals surface area contributed by atoms with E-state index in [1.165, 1.54) is 16.8 Å². The van der Waals surface area contributed by atoms with Crippen molar-refractivity contribution in [3.05, 3.63) is 41.1 Å². The Balaban J connectivity index is 2.10. The molecule has 0 saturated heterocycles. The van der Waals surface area contributed by atoms with Crippen LogP contribution >= 0.6 is 0 Å². The normalized spacial score (nSPS) is 12.9. The molecule has 2 heterocycles. The monoisotopic (exact) mass is 247 g/mol. The number of hydrogen-bond donors (Lipinski definition) is 1. The Hall–Kier alpha value is -1.55. The minimum atomic E-state index is 0.407. The second-order valence-electron chi connectivity index (χ2n) is 4.80. The largest absolute Gasteiger partial charge is 0.472 e. The lowest BCUT2D eigenvalue weighted by Gasteiger charge is -2.15. The highest BCUT2D eigenvalue weighted by molar-refractivity contribution is 5.26. The van der Waals surface area contributed by atoms with Crippen molar-refractivity contribution in [1.82, 2.24) is 15.1 Å². The van der Waals surface area contributed by atoms with Crippen LogP contribution in [0.5, 0.6) is 0 Å². The highest BCUT2D eigenvalue weighted by Crippen LogP contribution is 2.16. The molecule has 0 fully saturated rings. The van der Waals surface area contributed by atoms with Gasteiger partial charge in [0, 0.05) is 18.8 Å². The van der Waals surface area contributed by atoms with Crippen LogP contribution in [0.3, 0.4) is 0 Å². The van der Waals surface area contributed by atoms with E-state index in [0.717, 1.165) is 18.5 Å². The molecule has 18 heavy (non-hydrogen) atoms. The van der Waals surface area contributed by atoms with Gasteiger partial charge in [-0.1, -0.05) is 0 Å². The highest BCUT2D eigenvalue weighted by Gasteiger charge is 2.15. The molecule has 4 nitrogen and oxygen atoms in total. The third-order valence-corrected chi connectivity index (χ3v) is 3.58. The van der Waals surface area contributed by atoms with Crippen LogP contribution in [0, 0.1) is 13.8 Å². The second kappa shape index (κ2) is 5.40. The van der Waals surface area contributed by atoms with E-state index in [9.17, 15) is 0 Å². The first kappa shape index (κ1) is 12.9. The highest BCUT2D eigenvalue weighted by atomic mass is 16.3. The zero-order chi connectivity index (χ0) is 13.1. The number of nitrogens with one attached hydrogen (secondary N) is 1. The zero-order valence-electron chi connectivity index (χ0n) is 11.5. The van der Waals surface area contributed by atoms with E-state index in [2.05, 4.69) is 24.3 Å². The summed E-state index contributed by atoms with van der Waals surface area (Å²) >= 11 is 0. The predicted molar refractivity (Wildman–Crippen MR) is 71.6 cm³/mol. The molecule has 0 aliphatic heterocycles. The summed E-state index contributed by atoms with van der Waals surface area (Å²) in [4.78, 5) is 0. The molecule has 1 unspecified atom stereocenters. The van der Waals surface area contributed by atoms with Gasteiger partial charge in [-0.05, 0) is 50.9 Å². The maximum absolute atomic E-state index is 5.12. The zero-order valence-corrected chi connectivity index (χ0v) is 11.5. The van der Waals surface area contributed by atoms with Crippen molar-refractivity contribution in [3.8, 4) is 0 Å². The van der Waals surface area contributed by atoms with Gasteiger partial charge in [0.1, 0.15) is 0 Å². The van der Waals surface area contributed by atoms with Gasteiger partial charge in [-0.3, -0.25) is 4.68 Å². The summed E-state index contributed by atoms with van der Waals surface area (Å²) < 4.78 is 7.07. The maximum Gasteiger partial charge on any atom is 0.0935 e. The van der Waals surface area contributed by atoms with E-state index in [4.69, 9.17) is 4.42 Å². The lowest BCUT2D eigenvalue weighted by atomic mass is 9.99. The van der Waals surface area contributed by atoms with Crippen LogP contribution in [-0.4, -0.2) is 22.9 Å². The molecular weight excluding hydrogens is 226 g/mol. The molecule has 0 amide bonds. The first-order valence-corrected chi connectivity index (χ1v) is 6.29. The van der Waals surface area contributed by atoms with Crippen molar-refractivity contribution < 1.29 is 4.42 Å². The van der Waals surface area contributed by atoms with Crippen molar-refractivity contribution in [3.63, 3.8) is 0 Å². The number of nitrogens with zero attached hydrogens (tertiary/aromatic N) is 2. The average molecular weight is 247 g/mol. The van der Waals surface area contributed by atoms with Crippen LogP contribution in [0.1, 0.15) is 22.5 Å². The molecule has 0 radical (unpaired) electrons. The molecule has 2 aromatic rings. The van der Waals surface area contributed by atoms with Crippen molar-refractivity contribution in [2.75, 3.05) is 7.05 Å². The minimum Gasteiger partial charge on any atom is -0.472 e. The molecule has 1 atom stereocenters.